The molecule has 0 aromatic heterocycles. The molecular formula is C17H28N2. The molecule has 0 unspecified atom stereocenters. The molecule has 1 aliphatic heterocycles. The number of rotatable bonds is 7. The molecule has 2 heteroatoms. The summed E-state index contributed by atoms with van der Waals surface area (Å²) in [5.74, 6) is 0. The second kappa shape index (κ2) is 8.98. The summed E-state index contributed by atoms with van der Waals surface area (Å²) in [5.41, 5.74) is 1.25. The van der Waals surface area contributed by atoms with Gasteiger partial charge in [-0.25, -0.2) is 0 Å². The average Bonchev–Trinajstić information content (AvgIpc) is 2.72. The fourth-order valence-electron chi connectivity index (χ4n) is 2.79. The molecule has 0 amide bonds. The van der Waals surface area contributed by atoms with Crippen molar-refractivity contribution in [2.45, 2.75) is 44.9 Å². The monoisotopic (exact) mass is 260 g/mol. The van der Waals surface area contributed by atoms with Crippen LogP contribution in [-0.2, 0) is 0 Å². The Labute approximate surface area is 118 Å². The van der Waals surface area contributed by atoms with E-state index < -0.39 is 0 Å². The molecule has 1 heterocycles. The van der Waals surface area contributed by atoms with Crippen LogP contribution >= 0.6 is 0 Å². The predicted molar refractivity (Wildman–Crippen MR) is 83.7 cm³/mol. The summed E-state index contributed by atoms with van der Waals surface area (Å²) in [7, 11) is 0. The van der Waals surface area contributed by atoms with Crippen molar-refractivity contribution in [1.82, 2.24) is 4.90 Å². The summed E-state index contributed by atoms with van der Waals surface area (Å²) in [6.45, 7) is 5.08. The number of nitrogens with zero attached hydrogens (tertiary/aromatic N) is 1. The quantitative estimate of drug-likeness (QED) is 0.741. The molecule has 1 saturated heterocycles. The predicted octanol–water partition coefficient (Wildman–Crippen LogP) is 4.14. The van der Waals surface area contributed by atoms with E-state index in [4.69, 9.17) is 0 Å². The molecule has 0 atom stereocenters. The van der Waals surface area contributed by atoms with Crippen LogP contribution in [0.5, 0.6) is 0 Å². The third-order valence-corrected chi connectivity index (χ3v) is 3.95. The Bertz CT molecular complexity index is 315. The third kappa shape index (κ3) is 6.11. The van der Waals surface area contributed by atoms with Crippen molar-refractivity contribution in [2.24, 2.45) is 0 Å². The Morgan fingerprint density at radius 3 is 2.32 bits per heavy atom. The molecular weight excluding hydrogens is 232 g/mol. The maximum Gasteiger partial charge on any atom is 0.0340 e. The number of unbranched alkanes of at least 4 members (excludes halogenated alkanes) is 2. The van der Waals surface area contributed by atoms with Gasteiger partial charge >= 0.3 is 0 Å². The van der Waals surface area contributed by atoms with E-state index >= 15 is 0 Å². The zero-order valence-electron chi connectivity index (χ0n) is 12.1. The van der Waals surface area contributed by atoms with Crippen LogP contribution in [-0.4, -0.2) is 31.1 Å². The van der Waals surface area contributed by atoms with Crippen LogP contribution in [0.2, 0.25) is 0 Å². The van der Waals surface area contributed by atoms with E-state index in [9.17, 15) is 0 Å². The van der Waals surface area contributed by atoms with Gasteiger partial charge in [0.15, 0.2) is 0 Å². The SMILES string of the molecule is c1ccc(NCCCCCN2CCCCCC2)cc1. The van der Waals surface area contributed by atoms with Gasteiger partial charge in [-0.1, -0.05) is 37.5 Å². The topological polar surface area (TPSA) is 15.3 Å². The van der Waals surface area contributed by atoms with Gasteiger partial charge in [0.1, 0.15) is 0 Å². The number of benzene rings is 1. The first-order valence-corrected chi connectivity index (χ1v) is 7.96. The first kappa shape index (κ1) is 14.4. The smallest absolute Gasteiger partial charge is 0.0340 e. The number of nitrogens with one attached hydrogen (secondary N) is 1. The molecule has 1 aliphatic rings. The minimum absolute atomic E-state index is 1.10. The number of anilines is 1. The van der Waals surface area contributed by atoms with Crippen LogP contribution in [0.15, 0.2) is 30.3 Å². The van der Waals surface area contributed by atoms with Gasteiger partial charge < -0.3 is 10.2 Å². The Hall–Kier alpha value is -1.02. The van der Waals surface area contributed by atoms with E-state index in [1.54, 1.807) is 0 Å². The van der Waals surface area contributed by atoms with Crippen LogP contribution in [0.4, 0.5) is 5.69 Å². The van der Waals surface area contributed by atoms with Crippen molar-refractivity contribution in [3.8, 4) is 0 Å². The second-order valence-corrected chi connectivity index (χ2v) is 5.61. The van der Waals surface area contributed by atoms with Crippen LogP contribution in [0, 0.1) is 0 Å². The van der Waals surface area contributed by atoms with Crippen LogP contribution in [0.1, 0.15) is 44.9 Å². The highest BCUT2D eigenvalue weighted by molar-refractivity contribution is 5.42. The fraction of sp³-hybridized carbons (Fsp3) is 0.647. The largest absolute Gasteiger partial charge is 0.385 e. The van der Waals surface area contributed by atoms with Gasteiger partial charge in [0.05, 0.1) is 0 Å². The van der Waals surface area contributed by atoms with Crippen LogP contribution in [0.25, 0.3) is 0 Å². The van der Waals surface area contributed by atoms with E-state index in [0.717, 1.165) is 6.54 Å². The lowest BCUT2D eigenvalue weighted by Gasteiger charge is -2.19. The van der Waals surface area contributed by atoms with Gasteiger partial charge in [-0.2, -0.15) is 0 Å². The van der Waals surface area contributed by atoms with Crippen molar-refractivity contribution in [3.05, 3.63) is 30.3 Å². The summed E-state index contributed by atoms with van der Waals surface area (Å²) in [6.07, 6.45) is 9.69. The normalized spacial score (nSPS) is 17.1. The maximum atomic E-state index is 3.48. The van der Waals surface area contributed by atoms with E-state index in [-0.39, 0.29) is 0 Å². The molecule has 1 aromatic carbocycles. The molecule has 0 saturated carbocycles. The average molecular weight is 260 g/mol. The maximum absolute atomic E-state index is 3.48. The van der Waals surface area contributed by atoms with Crippen molar-refractivity contribution in [2.75, 3.05) is 31.5 Å². The minimum Gasteiger partial charge on any atom is -0.385 e. The number of likely N-dealkylation sites (tertiary alicyclic amines) is 1. The summed E-state index contributed by atoms with van der Waals surface area (Å²) in [6, 6.07) is 10.5. The lowest BCUT2D eigenvalue weighted by molar-refractivity contribution is 0.278. The molecule has 1 N–H and O–H groups in total. The van der Waals surface area contributed by atoms with E-state index in [2.05, 4.69) is 40.5 Å². The van der Waals surface area contributed by atoms with Gasteiger partial charge in [0, 0.05) is 12.2 Å². The highest BCUT2D eigenvalue weighted by Crippen LogP contribution is 2.11. The molecule has 0 spiro atoms. The molecule has 0 aliphatic carbocycles. The molecule has 0 bridgehead atoms. The molecule has 2 rings (SSSR count). The fourth-order valence-corrected chi connectivity index (χ4v) is 2.79. The van der Waals surface area contributed by atoms with Gasteiger partial charge in [0.2, 0.25) is 0 Å². The summed E-state index contributed by atoms with van der Waals surface area (Å²) in [5, 5.41) is 3.48. The Kier molecular flexibility index (Phi) is 6.80. The molecule has 106 valence electrons. The van der Waals surface area contributed by atoms with Gasteiger partial charge in [-0.15, -0.1) is 0 Å². The third-order valence-electron chi connectivity index (χ3n) is 3.95. The first-order chi connectivity index (χ1) is 9.45. The lowest BCUT2D eigenvalue weighted by atomic mass is 10.2. The number of para-hydroxylation sites is 1. The van der Waals surface area contributed by atoms with Crippen molar-refractivity contribution < 1.29 is 0 Å². The number of hydrogen-bond acceptors (Lipinski definition) is 2. The molecule has 0 radical (unpaired) electrons. The molecule has 1 aromatic rings. The van der Waals surface area contributed by atoms with Gasteiger partial charge in [0.25, 0.3) is 0 Å². The van der Waals surface area contributed by atoms with Gasteiger partial charge in [-0.05, 0) is 57.5 Å². The zero-order valence-corrected chi connectivity index (χ0v) is 12.1. The van der Waals surface area contributed by atoms with Crippen molar-refractivity contribution in [3.63, 3.8) is 0 Å². The lowest BCUT2D eigenvalue weighted by Crippen LogP contribution is -2.25. The Morgan fingerprint density at radius 2 is 1.58 bits per heavy atom. The standard InChI is InChI=1S/C17H28N2/c1-2-9-15-19(14-8-1)16-10-4-7-13-18-17-11-5-3-6-12-17/h3,5-6,11-12,18H,1-2,4,7-10,13-16H2. The highest BCUT2D eigenvalue weighted by atomic mass is 15.1. The zero-order chi connectivity index (χ0) is 13.2. The second-order valence-electron chi connectivity index (χ2n) is 5.61. The van der Waals surface area contributed by atoms with Crippen LogP contribution in [0.3, 0.4) is 0 Å². The molecule has 19 heavy (non-hydrogen) atoms. The van der Waals surface area contributed by atoms with E-state index in [0.29, 0.717) is 0 Å². The first-order valence-electron chi connectivity index (χ1n) is 7.96. The number of hydrogen-bond donors (Lipinski definition) is 1. The van der Waals surface area contributed by atoms with E-state index in [1.807, 2.05) is 0 Å². The summed E-state index contributed by atoms with van der Waals surface area (Å²) < 4.78 is 0. The Balaban J connectivity index is 1.48. The minimum atomic E-state index is 1.10. The Morgan fingerprint density at radius 1 is 0.842 bits per heavy atom. The summed E-state index contributed by atoms with van der Waals surface area (Å²) in [4.78, 5) is 2.66. The van der Waals surface area contributed by atoms with E-state index in [1.165, 1.54) is 70.3 Å². The van der Waals surface area contributed by atoms with Gasteiger partial charge in [-0.3, -0.25) is 0 Å². The summed E-state index contributed by atoms with van der Waals surface area (Å²) >= 11 is 0. The highest BCUT2D eigenvalue weighted by Gasteiger charge is 2.07. The van der Waals surface area contributed by atoms with Crippen molar-refractivity contribution in [1.29, 1.82) is 0 Å². The van der Waals surface area contributed by atoms with Crippen LogP contribution < -0.4 is 5.32 Å². The molecule has 1 fully saturated rings. The van der Waals surface area contributed by atoms with Crippen molar-refractivity contribution >= 4 is 5.69 Å². The molecule has 2 nitrogen and oxygen atoms in total.